The minimum absolute atomic E-state index is 0.353. The summed E-state index contributed by atoms with van der Waals surface area (Å²) in [6.07, 6.45) is 2.40. The number of benzene rings is 1. The summed E-state index contributed by atoms with van der Waals surface area (Å²) in [6.45, 7) is 0.687. The Kier molecular flexibility index (Phi) is 4.52. The van der Waals surface area contributed by atoms with Crippen molar-refractivity contribution in [3.63, 3.8) is 0 Å². The van der Waals surface area contributed by atoms with Gasteiger partial charge in [-0.2, -0.15) is 5.10 Å². The number of anilines is 1. The van der Waals surface area contributed by atoms with E-state index >= 15 is 0 Å². The van der Waals surface area contributed by atoms with Gasteiger partial charge in [-0.1, -0.05) is 12.2 Å². The average Bonchev–Trinajstić information content (AvgIpc) is 2.84. The van der Waals surface area contributed by atoms with Crippen LogP contribution in [0.5, 0.6) is 5.75 Å². The molecule has 0 atom stereocenters. The Morgan fingerprint density at radius 1 is 1.50 bits per heavy atom. The fourth-order valence-electron chi connectivity index (χ4n) is 1.82. The third kappa shape index (κ3) is 3.45. The first-order chi connectivity index (χ1) is 9.60. The molecule has 2 rings (SSSR count). The number of hydrogen-bond donors (Lipinski definition) is 2. The third-order valence-corrected chi connectivity index (χ3v) is 3.02. The number of nitrogens with two attached hydrogens (primary N) is 1. The lowest BCUT2D eigenvalue weighted by Crippen LogP contribution is -2.15. The van der Waals surface area contributed by atoms with Crippen LogP contribution in [0.4, 0.5) is 5.69 Å². The number of nitrogens with zero attached hydrogens (tertiary/aromatic N) is 3. The molecule has 6 nitrogen and oxygen atoms in total. The Bertz CT molecular complexity index is 611. The van der Waals surface area contributed by atoms with E-state index in [-0.39, 0.29) is 0 Å². The number of aromatic nitrogens is 3. The van der Waals surface area contributed by atoms with Crippen LogP contribution in [-0.4, -0.2) is 33.4 Å². The molecule has 3 N–H and O–H groups in total. The zero-order valence-electron chi connectivity index (χ0n) is 11.5. The number of hydrogen-bond acceptors (Lipinski definition) is 5. The van der Waals surface area contributed by atoms with Crippen LogP contribution in [0.3, 0.4) is 0 Å². The van der Waals surface area contributed by atoms with Gasteiger partial charge in [-0.15, -0.1) is 0 Å². The van der Waals surface area contributed by atoms with Gasteiger partial charge < -0.3 is 15.8 Å². The van der Waals surface area contributed by atoms with Gasteiger partial charge >= 0.3 is 0 Å². The van der Waals surface area contributed by atoms with Gasteiger partial charge in [0.1, 0.15) is 17.1 Å². The van der Waals surface area contributed by atoms with E-state index in [0.29, 0.717) is 11.5 Å². The second-order valence-corrected chi connectivity index (χ2v) is 4.73. The van der Waals surface area contributed by atoms with Gasteiger partial charge in [0.05, 0.1) is 7.11 Å². The van der Waals surface area contributed by atoms with Crippen LogP contribution in [0.1, 0.15) is 11.4 Å². The lowest BCUT2D eigenvalue weighted by atomic mass is 10.1. The molecule has 1 aromatic heterocycles. The Morgan fingerprint density at radius 3 is 2.90 bits per heavy atom. The normalized spacial score (nSPS) is 10.3. The lowest BCUT2D eigenvalue weighted by molar-refractivity contribution is 0.415. The van der Waals surface area contributed by atoms with Crippen LogP contribution in [-0.2, 0) is 13.5 Å². The van der Waals surface area contributed by atoms with Crippen LogP contribution in [0.15, 0.2) is 24.5 Å². The van der Waals surface area contributed by atoms with E-state index in [1.807, 2.05) is 25.2 Å². The molecule has 0 saturated heterocycles. The summed E-state index contributed by atoms with van der Waals surface area (Å²) >= 11 is 5.05. The number of nitrogens with one attached hydrogen (secondary N) is 1. The summed E-state index contributed by atoms with van der Waals surface area (Å²) in [4.78, 5) is 4.53. The Hall–Kier alpha value is -2.15. The molecule has 0 aliphatic rings. The van der Waals surface area contributed by atoms with E-state index in [0.717, 1.165) is 29.2 Å². The first kappa shape index (κ1) is 14.3. The van der Waals surface area contributed by atoms with Gasteiger partial charge in [-0.05, 0) is 12.1 Å². The van der Waals surface area contributed by atoms with E-state index in [2.05, 4.69) is 15.4 Å². The molecule has 0 radical (unpaired) electrons. The number of aryl methyl sites for hydroxylation is 1. The predicted molar refractivity (Wildman–Crippen MR) is 82.1 cm³/mol. The van der Waals surface area contributed by atoms with Crippen LogP contribution < -0.4 is 15.8 Å². The van der Waals surface area contributed by atoms with Crippen molar-refractivity contribution in [3.8, 4) is 5.75 Å². The van der Waals surface area contributed by atoms with Crippen molar-refractivity contribution in [2.75, 3.05) is 19.0 Å². The second kappa shape index (κ2) is 6.33. The Morgan fingerprint density at radius 2 is 2.30 bits per heavy atom. The molecule has 1 aromatic carbocycles. The summed E-state index contributed by atoms with van der Waals surface area (Å²) in [7, 11) is 3.47. The molecule has 0 bridgehead atoms. The monoisotopic (exact) mass is 291 g/mol. The minimum Gasteiger partial charge on any atom is -0.497 e. The quantitative estimate of drug-likeness (QED) is 0.776. The van der Waals surface area contributed by atoms with Crippen LogP contribution in [0, 0.1) is 0 Å². The van der Waals surface area contributed by atoms with Crippen LogP contribution >= 0.6 is 12.2 Å². The van der Waals surface area contributed by atoms with E-state index in [1.54, 1.807) is 18.1 Å². The predicted octanol–water partition coefficient (Wildman–Crippen LogP) is 1.11. The van der Waals surface area contributed by atoms with Gasteiger partial charge in [-0.25, -0.2) is 4.98 Å². The summed E-state index contributed by atoms with van der Waals surface area (Å²) in [5.41, 5.74) is 7.37. The molecule has 7 heteroatoms. The van der Waals surface area contributed by atoms with Crippen molar-refractivity contribution in [1.29, 1.82) is 0 Å². The minimum atomic E-state index is 0.353. The SMILES string of the molecule is COc1ccc(C(N)=S)c(NCCc2ncn(C)n2)c1. The fourth-order valence-corrected chi connectivity index (χ4v) is 2.00. The summed E-state index contributed by atoms with van der Waals surface area (Å²) in [6, 6.07) is 5.56. The van der Waals surface area contributed by atoms with Gasteiger partial charge in [0.2, 0.25) is 0 Å². The van der Waals surface area contributed by atoms with Gasteiger partial charge in [-0.3, -0.25) is 4.68 Å². The molecule has 0 aliphatic carbocycles. The second-order valence-electron chi connectivity index (χ2n) is 4.29. The third-order valence-electron chi connectivity index (χ3n) is 2.80. The maximum Gasteiger partial charge on any atom is 0.152 e. The van der Waals surface area contributed by atoms with E-state index < -0.39 is 0 Å². The number of methoxy groups -OCH3 is 1. The van der Waals surface area contributed by atoms with E-state index in [4.69, 9.17) is 22.7 Å². The molecule has 1 heterocycles. The number of thiocarbonyl (C=S) groups is 1. The molecular weight excluding hydrogens is 274 g/mol. The Balaban J connectivity index is 2.05. The standard InChI is InChI=1S/C13H17N5OS/c1-18-8-16-12(17-18)5-6-15-11-7-9(19-2)3-4-10(11)13(14)20/h3-4,7-8,15H,5-6H2,1-2H3,(H2,14,20). The van der Waals surface area contributed by atoms with Gasteiger partial charge in [0.15, 0.2) is 5.82 Å². The first-order valence-electron chi connectivity index (χ1n) is 6.16. The van der Waals surface area contributed by atoms with Crippen molar-refractivity contribution in [3.05, 3.63) is 35.9 Å². The zero-order valence-corrected chi connectivity index (χ0v) is 12.3. The van der Waals surface area contributed by atoms with Crippen molar-refractivity contribution >= 4 is 22.9 Å². The molecule has 0 unspecified atom stereocenters. The van der Waals surface area contributed by atoms with E-state index in [1.165, 1.54) is 0 Å². The highest BCUT2D eigenvalue weighted by Gasteiger charge is 2.07. The smallest absolute Gasteiger partial charge is 0.152 e. The zero-order chi connectivity index (χ0) is 14.5. The number of rotatable bonds is 6. The van der Waals surface area contributed by atoms with Crippen LogP contribution in [0.25, 0.3) is 0 Å². The first-order valence-corrected chi connectivity index (χ1v) is 6.57. The molecular formula is C13H17N5OS. The highest BCUT2D eigenvalue weighted by atomic mass is 32.1. The lowest BCUT2D eigenvalue weighted by Gasteiger charge is -2.12. The topological polar surface area (TPSA) is 78.0 Å². The summed E-state index contributed by atoms with van der Waals surface area (Å²) in [5, 5.41) is 7.51. The van der Waals surface area contributed by atoms with Crippen molar-refractivity contribution in [2.24, 2.45) is 12.8 Å². The maximum atomic E-state index is 5.71. The maximum absolute atomic E-state index is 5.71. The molecule has 106 valence electrons. The molecule has 0 saturated carbocycles. The van der Waals surface area contributed by atoms with Gasteiger partial charge in [0.25, 0.3) is 0 Å². The largest absolute Gasteiger partial charge is 0.497 e. The highest BCUT2D eigenvalue weighted by molar-refractivity contribution is 7.80. The van der Waals surface area contributed by atoms with Crippen molar-refractivity contribution < 1.29 is 4.74 Å². The highest BCUT2D eigenvalue weighted by Crippen LogP contribution is 2.22. The summed E-state index contributed by atoms with van der Waals surface area (Å²) < 4.78 is 6.89. The van der Waals surface area contributed by atoms with Crippen LogP contribution in [0.2, 0.25) is 0 Å². The number of ether oxygens (including phenoxy) is 1. The molecule has 0 amide bonds. The molecule has 0 aliphatic heterocycles. The van der Waals surface area contributed by atoms with Crippen molar-refractivity contribution in [1.82, 2.24) is 14.8 Å². The molecule has 0 spiro atoms. The van der Waals surface area contributed by atoms with Crippen molar-refractivity contribution in [2.45, 2.75) is 6.42 Å². The molecule has 20 heavy (non-hydrogen) atoms. The fraction of sp³-hybridized carbons (Fsp3) is 0.308. The van der Waals surface area contributed by atoms with E-state index in [9.17, 15) is 0 Å². The molecule has 2 aromatic rings. The molecule has 0 fully saturated rings. The Labute approximate surface area is 123 Å². The summed E-state index contributed by atoms with van der Waals surface area (Å²) in [5.74, 6) is 1.54. The average molecular weight is 291 g/mol. The van der Waals surface area contributed by atoms with Gasteiger partial charge in [0, 0.05) is 37.3 Å².